The molecule has 1 atom stereocenters. The van der Waals surface area contributed by atoms with Gasteiger partial charge in [0.1, 0.15) is 5.76 Å². The zero-order valence-corrected chi connectivity index (χ0v) is 10.5. The first-order chi connectivity index (χ1) is 8.75. The van der Waals surface area contributed by atoms with Crippen LogP contribution in [0.5, 0.6) is 0 Å². The molecular weight excluding hydrogens is 230 g/mol. The molecule has 3 rings (SSSR count). The lowest BCUT2D eigenvalue weighted by Gasteiger charge is -2.33. The van der Waals surface area contributed by atoms with Gasteiger partial charge in [-0.25, -0.2) is 0 Å². The lowest BCUT2D eigenvalue weighted by molar-refractivity contribution is -0.137. The second kappa shape index (κ2) is 4.76. The summed E-state index contributed by atoms with van der Waals surface area (Å²) in [5, 5.41) is 8.87. The Morgan fingerprint density at radius 1 is 1.44 bits per heavy atom. The third kappa shape index (κ3) is 2.29. The van der Waals surface area contributed by atoms with E-state index in [1.165, 1.54) is 18.4 Å². The van der Waals surface area contributed by atoms with Crippen LogP contribution >= 0.6 is 0 Å². The van der Waals surface area contributed by atoms with Crippen LogP contribution in [0.25, 0.3) is 0 Å². The molecule has 2 aliphatic rings. The van der Waals surface area contributed by atoms with Crippen LogP contribution < -0.4 is 0 Å². The number of rotatable bonds is 5. The number of aliphatic carboxylic acids is 1. The van der Waals surface area contributed by atoms with Crippen molar-refractivity contribution in [3.05, 3.63) is 23.7 Å². The summed E-state index contributed by atoms with van der Waals surface area (Å²) in [6.07, 6.45) is 7.72. The van der Waals surface area contributed by atoms with E-state index >= 15 is 0 Å². The van der Waals surface area contributed by atoms with Gasteiger partial charge in [0.15, 0.2) is 0 Å². The Kier molecular flexibility index (Phi) is 3.12. The van der Waals surface area contributed by atoms with Crippen molar-refractivity contribution in [3.8, 4) is 0 Å². The van der Waals surface area contributed by atoms with Gasteiger partial charge in [0.2, 0.25) is 0 Å². The number of nitrogens with zero attached hydrogens (tertiary/aromatic N) is 1. The standard InChI is InChI=1S/C14H19NO3/c16-14(17)6-8-15(10-4-5-10)12-2-1-3-13-11(12)7-9-18-13/h7,9-10,12H,1-6,8H2,(H,16,17). The Bertz CT molecular complexity index is 436. The molecule has 0 saturated heterocycles. The molecule has 1 N–H and O–H groups in total. The first kappa shape index (κ1) is 11.8. The van der Waals surface area contributed by atoms with Crippen molar-refractivity contribution >= 4 is 5.97 Å². The second-order valence-electron chi connectivity index (χ2n) is 5.32. The Hall–Kier alpha value is -1.29. The lowest BCUT2D eigenvalue weighted by Crippen LogP contribution is -2.34. The van der Waals surface area contributed by atoms with Crippen molar-refractivity contribution < 1.29 is 14.3 Å². The fourth-order valence-corrected chi connectivity index (χ4v) is 3.03. The van der Waals surface area contributed by atoms with Crippen molar-refractivity contribution in [1.29, 1.82) is 0 Å². The molecule has 1 fully saturated rings. The number of carboxylic acids is 1. The molecule has 0 radical (unpaired) electrons. The first-order valence-corrected chi connectivity index (χ1v) is 6.79. The minimum atomic E-state index is -0.705. The summed E-state index contributed by atoms with van der Waals surface area (Å²) >= 11 is 0. The highest BCUT2D eigenvalue weighted by atomic mass is 16.4. The van der Waals surface area contributed by atoms with Gasteiger partial charge in [0, 0.05) is 30.6 Å². The van der Waals surface area contributed by atoms with E-state index in [-0.39, 0.29) is 6.42 Å². The molecule has 1 unspecified atom stereocenters. The van der Waals surface area contributed by atoms with E-state index in [0.29, 0.717) is 18.6 Å². The normalized spacial score (nSPS) is 23.1. The van der Waals surface area contributed by atoms with Crippen molar-refractivity contribution in [2.24, 2.45) is 0 Å². The highest BCUT2D eigenvalue weighted by Crippen LogP contribution is 2.41. The third-order valence-corrected chi connectivity index (χ3v) is 4.02. The lowest BCUT2D eigenvalue weighted by atomic mass is 9.92. The van der Waals surface area contributed by atoms with Crippen LogP contribution in [-0.2, 0) is 11.2 Å². The molecule has 98 valence electrons. The van der Waals surface area contributed by atoms with E-state index in [4.69, 9.17) is 9.52 Å². The van der Waals surface area contributed by atoms with Crippen molar-refractivity contribution in [3.63, 3.8) is 0 Å². The van der Waals surface area contributed by atoms with Gasteiger partial charge in [-0.15, -0.1) is 0 Å². The highest BCUT2D eigenvalue weighted by Gasteiger charge is 2.37. The first-order valence-electron chi connectivity index (χ1n) is 6.79. The maximum atomic E-state index is 10.8. The van der Waals surface area contributed by atoms with Crippen LogP contribution in [0.1, 0.15) is 49.5 Å². The van der Waals surface area contributed by atoms with Crippen molar-refractivity contribution in [2.75, 3.05) is 6.54 Å². The molecule has 0 bridgehead atoms. The summed E-state index contributed by atoms with van der Waals surface area (Å²) in [5.74, 6) is 0.399. The second-order valence-corrected chi connectivity index (χ2v) is 5.32. The predicted octanol–water partition coefficient (Wildman–Crippen LogP) is 2.60. The Balaban J connectivity index is 1.77. The highest BCUT2D eigenvalue weighted by molar-refractivity contribution is 5.66. The van der Waals surface area contributed by atoms with Crippen molar-refractivity contribution in [1.82, 2.24) is 4.90 Å². The zero-order valence-electron chi connectivity index (χ0n) is 10.5. The zero-order chi connectivity index (χ0) is 12.5. The molecule has 1 heterocycles. The summed E-state index contributed by atoms with van der Waals surface area (Å²) in [6.45, 7) is 0.662. The summed E-state index contributed by atoms with van der Waals surface area (Å²) in [6, 6.07) is 3.03. The topological polar surface area (TPSA) is 53.7 Å². The molecule has 0 aliphatic heterocycles. The Morgan fingerprint density at radius 2 is 2.28 bits per heavy atom. The fourth-order valence-electron chi connectivity index (χ4n) is 3.03. The molecule has 4 nitrogen and oxygen atoms in total. The van der Waals surface area contributed by atoms with Gasteiger partial charge in [-0.05, 0) is 31.7 Å². The molecular formula is C14H19NO3. The van der Waals surface area contributed by atoms with Gasteiger partial charge in [-0.1, -0.05) is 0 Å². The van der Waals surface area contributed by atoms with Crippen LogP contribution in [0.3, 0.4) is 0 Å². The minimum Gasteiger partial charge on any atom is -0.481 e. The summed E-state index contributed by atoms with van der Waals surface area (Å²) in [7, 11) is 0. The van der Waals surface area contributed by atoms with E-state index in [1.807, 2.05) is 0 Å². The monoisotopic (exact) mass is 249 g/mol. The number of aryl methyl sites for hydroxylation is 1. The maximum absolute atomic E-state index is 10.8. The van der Waals surface area contributed by atoms with Gasteiger partial charge in [-0.2, -0.15) is 0 Å². The number of carbonyl (C=O) groups is 1. The number of furan rings is 1. The van der Waals surface area contributed by atoms with E-state index in [0.717, 1.165) is 25.0 Å². The fraction of sp³-hybridized carbons (Fsp3) is 0.643. The molecule has 0 amide bonds. The molecule has 1 aromatic heterocycles. The Morgan fingerprint density at radius 3 is 3.00 bits per heavy atom. The Labute approximate surface area is 107 Å². The van der Waals surface area contributed by atoms with E-state index < -0.39 is 5.97 Å². The summed E-state index contributed by atoms with van der Waals surface area (Å²) in [4.78, 5) is 13.2. The van der Waals surface area contributed by atoms with Gasteiger partial charge in [0.25, 0.3) is 0 Å². The van der Waals surface area contributed by atoms with Crippen LogP contribution in [0.15, 0.2) is 16.7 Å². The molecule has 18 heavy (non-hydrogen) atoms. The quantitative estimate of drug-likeness (QED) is 0.871. The van der Waals surface area contributed by atoms with Crippen LogP contribution in [0, 0.1) is 0 Å². The smallest absolute Gasteiger partial charge is 0.304 e. The number of fused-ring (bicyclic) bond motifs is 1. The largest absolute Gasteiger partial charge is 0.481 e. The third-order valence-electron chi connectivity index (χ3n) is 4.02. The molecule has 1 aromatic rings. The minimum absolute atomic E-state index is 0.236. The number of carboxylic acid groups (broad SMARTS) is 1. The van der Waals surface area contributed by atoms with Gasteiger partial charge in [0.05, 0.1) is 12.7 Å². The van der Waals surface area contributed by atoms with E-state index in [2.05, 4.69) is 11.0 Å². The van der Waals surface area contributed by atoms with Crippen LogP contribution in [-0.4, -0.2) is 28.6 Å². The average Bonchev–Trinajstić information content (AvgIpc) is 3.06. The number of hydrogen-bond acceptors (Lipinski definition) is 3. The number of hydrogen-bond donors (Lipinski definition) is 1. The van der Waals surface area contributed by atoms with Gasteiger partial charge in [-0.3, -0.25) is 9.69 Å². The molecule has 0 aromatic carbocycles. The van der Waals surface area contributed by atoms with Gasteiger partial charge >= 0.3 is 5.97 Å². The van der Waals surface area contributed by atoms with E-state index in [1.54, 1.807) is 6.26 Å². The molecule has 0 spiro atoms. The van der Waals surface area contributed by atoms with Crippen LogP contribution in [0.4, 0.5) is 0 Å². The SMILES string of the molecule is O=C(O)CCN(C1CC1)C1CCCc2occc21. The average molecular weight is 249 g/mol. The predicted molar refractivity (Wildman–Crippen MR) is 66.4 cm³/mol. The molecule has 2 aliphatic carbocycles. The van der Waals surface area contributed by atoms with Crippen LogP contribution in [0.2, 0.25) is 0 Å². The van der Waals surface area contributed by atoms with E-state index in [9.17, 15) is 4.79 Å². The maximum Gasteiger partial charge on any atom is 0.304 e. The molecule has 1 saturated carbocycles. The van der Waals surface area contributed by atoms with Gasteiger partial charge < -0.3 is 9.52 Å². The summed E-state index contributed by atoms with van der Waals surface area (Å²) < 4.78 is 5.52. The summed E-state index contributed by atoms with van der Waals surface area (Å²) in [5.41, 5.74) is 1.29. The molecule has 4 heteroatoms. The van der Waals surface area contributed by atoms with Crippen molar-refractivity contribution in [2.45, 2.75) is 50.6 Å².